The first-order valence-electron chi connectivity index (χ1n) is 12.3. The Balaban J connectivity index is 1.66. The van der Waals surface area contributed by atoms with Gasteiger partial charge in [0.05, 0.1) is 5.52 Å². The largest absolute Gasteiger partial charge is 0.352 e. The maximum atomic E-state index is 13.4. The van der Waals surface area contributed by atoms with Crippen LogP contribution in [0.4, 0.5) is 5.82 Å². The molecule has 182 valence electrons. The number of hydrogen-bond donors (Lipinski definition) is 0. The van der Waals surface area contributed by atoms with Gasteiger partial charge in [0.25, 0.3) is 5.91 Å². The maximum Gasteiger partial charge on any atom is 0.330 e. The molecule has 1 saturated heterocycles. The molecule has 1 aliphatic rings. The van der Waals surface area contributed by atoms with Gasteiger partial charge in [0.1, 0.15) is 5.82 Å². The molecular formula is C27H37N5O2. The second-order valence-electron chi connectivity index (χ2n) is 10.6. The van der Waals surface area contributed by atoms with Crippen molar-refractivity contribution in [2.24, 2.45) is 12.5 Å². The summed E-state index contributed by atoms with van der Waals surface area (Å²) in [5.74, 6) is 0.962. The van der Waals surface area contributed by atoms with Gasteiger partial charge in [-0.1, -0.05) is 52.8 Å². The fourth-order valence-corrected chi connectivity index (χ4v) is 5.02. The predicted molar refractivity (Wildman–Crippen MR) is 137 cm³/mol. The second kappa shape index (κ2) is 9.28. The molecular weight excluding hydrogens is 426 g/mol. The van der Waals surface area contributed by atoms with Gasteiger partial charge in [-0.3, -0.25) is 13.9 Å². The van der Waals surface area contributed by atoms with E-state index in [1.807, 2.05) is 47.0 Å². The molecule has 2 unspecified atom stereocenters. The molecule has 0 saturated carbocycles. The highest BCUT2D eigenvalue weighted by atomic mass is 16.2. The molecule has 0 radical (unpaired) electrons. The third-order valence-electron chi connectivity index (χ3n) is 6.77. The van der Waals surface area contributed by atoms with Gasteiger partial charge < -0.3 is 9.80 Å². The molecule has 1 amide bonds. The van der Waals surface area contributed by atoms with Gasteiger partial charge in [-0.05, 0) is 42.5 Å². The highest BCUT2D eigenvalue weighted by Gasteiger charge is 2.37. The Bertz CT molecular complexity index is 1210. The zero-order valence-electron chi connectivity index (χ0n) is 21.3. The van der Waals surface area contributed by atoms with E-state index in [9.17, 15) is 9.59 Å². The molecule has 1 aromatic carbocycles. The summed E-state index contributed by atoms with van der Waals surface area (Å²) < 4.78 is 3.47. The lowest BCUT2D eigenvalue weighted by Crippen LogP contribution is -2.60. The first-order valence-corrected chi connectivity index (χ1v) is 12.3. The topological polar surface area (TPSA) is 63.4 Å². The summed E-state index contributed by atoms with van der Waals surface area (Å²) in [5.41, 5.74) is 2.26. The summed E-state index contributed by atoms with van der Waals surface area (Å²) in [6, 6.07) is 13.8. The molecule has 0 bridgehead atoms. The number of benzene rings is 1. The van der Waals surface area contributed by atoms with Crippen molar-refractivity contribution in [3.05, 3.63) is 58.5 Å². The molecule has 7 nitrogen and oxygen atoms in total. The van der Waals surface area contributed by atoms with Crippen LogP contribution in [0.5, 0.6) is 0 Å². The number of rotatable bonds is 5. The van der Waals surface area contributed by atoms with Gasteiger partial charge in [0.2, 0.25) is 0 Å². The van der Waals surface area contributed by atoms with Crippen LogP contribution < -0.4 is 10.6 Å². The Hall–Kier alpha value is -3.09. The second-order valence-corrected chi connectivity index (χ2v) is 10.6. The number of aromatic nitrogens is 3. The minimum atomic E-state index is -0.0364. The maximum absolute atomic E-state index is 13.4. The van der Waals surface area contributed by atoms with Crippen LogP contribution in [0.3, 0.4) is 0 Å². The molecule has 4 rings (SSSR count). The molecule has 34 heavy (non-hydrogen) atoms. The first-order chi connectivity index (χ1) is 16.1. The molecule has 2 aromatic heterocycles. The quantitative estimate of drug-likeness (QED) is 0.566. The van der Waals surface area contributed by atoms with Crippen LogP contribution in [0.25, 0.3) is 11.2 Å². The van der Waals surface area contributed by atoms with E-state index in [0.29, 0.717) is 12.2 Å². The van der Waals surface area contributed by atoms with Crippen molar-refractivity contribution in [3.63, 3.8) is 0 Å². The predicted octanol–water partition coefficient (Wildman–Crippen LogP) is 4.30. The minimum absolute atomic E-state index is 0.0128. The van der Waals surface area contributed by atoms with Crippen molar-refractivity contribution in [2.45, 2.75) is 66.1 Å². The summed E-state index contributed by atoms with van der Waals surface area (Å²) in [6.07, 6.45) is 1.74. The summed E-state index contributed by atoms with van der Waals surface area (Å²) in [7, 11) is 1.79. The Labute approximate surface area is 202 Å². The first kappa shape index (κ1) is 24.0. The highest BCUT2D eigenvalue weighted by molar-refractivity contribution is 5.94. The number of carbonyl (C=O) groups is 1. The van der Waals surface area contributed by atoms with Crippen molar-refractivity contribution in [2.75, 3.05) is 18.0 Å². The van der Waals surface area contributed by atoms with Crippen LogP contribution >= 0.6 is 0 Å². The molecule has 0 aliphatic carbocycles. The number of pyridine rings is 1. The van der Waals surface area contributed by atoms with Crippen molar-refractivity contribution >= 4 is 22.9 Å². The van der Waals surface area contributed by atoms with Crippen LogP contribution in [0.15, 0.2) is 47.3 Å². The third kappa shape index (κ3) is 4.48. The number of fused-ring (bicyclic) bond motifs is 1. The van der Waals surface area contributed by atoms with Crippen molar-refractivity contribution in [1.82, 2.24) is 19.0 Å². The number of hydrogen-bond acceptors (Lipinski definition) is 4. The highest BCUT2D eigenvalue weighted by Crippen LogP contribution is 2.28. The number of anilines is 1. The Morgan fingerprint density at radius 3 is 2.18 bits per heavy atom. The molecule has 7 heteroatoms. The van der Waals surface area contributed by atoms with Crippen LogP contribution in [0, 0.1) is 5.41 Å². The fourth-order valence-electron chi connectivity index (χ4n) is 5.02. The summed E-state index contributed by atoms with van der Waals surface area (Å²) in [4.78, 5) is 35.6. The van der Waals surface area contributed by atoms with E-state index >= 15 is 0 Å². The lowest BCUT2D eigenvalue weighted by molar-refractivity contribution is 0.0511. The average Bonchev–Trinajstić information content (AvgIpc) is 3.06. The Kier molecular flexibility index (Phi) is 6.56. The zero-order valence-corrected chi connectivity index (χ0v) is 21.3. The van der Waals surface area contributed by atoms with E-state index in [-0.39, 0.29) is 29.1 Å². The lowest BCUT2D eigenvalue weighted by Gasteiger charge is -2.47. The molecule has 3 heterocycles. The lowest BCUT2D eigenvalue weighted by atomic mass is 9.97. The number of imidazole rings is 1. The summed E-state index contributed by atoms with van der Waals surface area (Å²) in [5, 5.41) is 0. The molecule has 0 spiro atoms. The molecule has 1 fully saturated rings. The van der Waals surface area contributed by atoms with E-state index in [2.05, 4.69) is 44.4 Å². The van der Waals surface area contributed by atoms with Gasteiger partial charge >= 0.3 is 5.69 Å². The zero-order chi connectivity index (χ0) is 24.6. The van der Waals surface area contributed by atoms with Crippen molar-refractivity contribution in [3.8, 4) is 0 Å². The van der Waals surface area contributed by atoms with E-state index in [0.717, 1.165) is 42.8 Å². The van der Waals surface area contributed by atoms with Gasteiger partial charge in [-0.2, -0.15) is 0 Å². The van der Waals surface area contributed by atoms with Crippen molar-refractivity contribution in [1.29, 1.82) is 0 Å². The van der Waals surface area contributed by atoms with Crippen LogP contribution in [-0.2, 0) is 13.6 Å². The number of aryl methyl sites for hydroxylation is 1. The summed E-state index contributed by atoms with van der Waals surface area (Å²) in [6.45, 7) is 12.8. The molecule has 2 atom stereocenters. The van der Waals surface area contributed by atoms with E-state index in [1.165, 1.54) is 0 Å². The number of carbonyl (C=O) groups excluding carboxylic acids is 1. The smallest absolute Gasteiger partial charge is 0.330 e. The van der Waals surface area contributed by atoms with Gasteiger partial charge in [0.15, 0.2) is 5.65 Å². The van der Waals surface area contributed by atoms with E-state index < -0.39 is 0 Å². The number of amides is 1. The Morgan fingerprint density at radius 1 is 1.00 bits per heavy atom. The number of nitrogens with zero attached hydrogens (tertiary/aromatic N) is 5. The SMILES string of the molecule is CCC1CN(c2ccc3c(n2)n(C)c(=O)n3CC(C)(C)C)CC(CC)N1C(=O)c1ccccc1. The van der Waals surface area contributed by atoms with Crippen LogP contribution in [0.2, 0.25) is 0 Å². The van der Waals surface area contributed by atoms with Gasteiger partial charge in [-0.15, -0.1) is 0 Å². The van der Waals surface area contributed by atoms with Crippen LogP contribution in [-0.4, -0.2) is 50.1 Å². The third-order valence-corrected chi connectivity index (χ3v) is 6.77. The Morgan fingerprint density at radius 2 is 1.62 bits per heavy atom. The van der Waals surface area contributed by atoms with Gasteiger partial charge in [0, 0.05) is 44.3 Å². The average molecular weight is 464 g/mol. The van der Waals surface area contributed by atoms with E-state index in [4.69, 9.17) is 4.98 Å². The molecule has 3 aromatic rings. The van der Waals surface area contributed by atoms with E-state index in [1.54, 1.807) is 11.6 Å². The van der Waals surface area contributed by atoms with Crippen LogP contribution in [0.1, 0.15) is 57.8 Å². The standard InChI is InChI=1S/C27H37N5O2/c1-7-20-16-30(17-21(8-2)32(20)25(33)19-12-10-9-11-13-19)23-15-14-22-24(28-23)29(6)26(34)31(22)18-27(3,4)5/h9-15,20-21H,7-8,16-18H2,1-6H3. The van der Waals surface area contributed by atoms with Gasteiger partial charge in [-0.25, -0.2) is 9.78 Å². The summed E-state index contributed by atoms with van der Waals surface area (Å²) >= 11 is 0. The minimum Gasteiger partial charge on any atom is -0.352 e. The normalized spacial score (nSPS) is 19.1. The van der Waals surface area contributed by atoms with Crippen molar-refractivity contribution < 1.29 is 4.79 Å². The molecule has 0 N–H and O–H groups in total. The fraction of sp³-hybridized carbons (Fsp3) is 0.519. The molecule has 1 aliphatic heterocycles. The number of piperazine rings is 1. The monoisotopic (exact) mass is 463 g/mol.